The van der Waals surface area contributed by atoms with Gasteiger partial charge in [-0.05, 0) is 54.8 Å². The van der Waals surface area contributed by atoms with Gasteiger partial charge in [0, 0.05) is 45.4 Å². The lowest BCUT2D eigenvalue weighted by atomic mass is 10.1. The normalized spacial score (nSPS) is 13.1. The minimum Gasteiger partial charge on any atom is -0.361 e. The Hall–Kier alpha value is -3.84. The van der Waals surface area contributed by atoms with E-state index in [9.17, 15) is 4.79 Å². The summed E-state index contributed by atoms with van der Waals surface area (Å²) in [4.78, 5) is 25.1. The van der Waals surface area contributed by atoms with E-state index in [2.05, 4.69) is 46.3 Å². The van der Waals surface area contributed by atoms with Gasteiger partial charge in [0.05, 0.1) is 11.3 Å². The summed E-state index contributed by atoms with van der Waals surface area (Å²) in [5.41, 5.74) is 4.91. The molecule has 0 fully saturated rings. The predicted molar refractivity (Wildman–Crippen MR) is 138 cm³/mol. The quantitative estimate of drug-likeness (QED) is 0.299. The molecule has 5 aromatic rings. The molecule has 1 aliphatic rings. The van der Waals surface area contributed by atoms with E-state index in [-0.39, 0.29) is 5.91 Å². The van der Waals surface area contributed by atoms with Gasteiger partial charge in [-0.2, -0.15) is 4.98 Å². The zero-order valence-corrected chi connectivity index (χ0v) is 20.1. The van der Waals surface area contributed by atoms with Crippen LogP contribution in [0.15, 0.2) is 87.2 Å². The van der Waals surface area contributed by atoms with Crippen LogP contribution >= 0.6 is 11.8 Å². The number of anilines is 1. The lowest BCUT2D eigenvalue weighted by Gasteiger charge is -2.22. The van der Waals surface area contributed by atoms with Crippen LogP contribution in [-0.2, 0) is 12.8 Å². The Bertz CT molecular complexity index is 1540. The SMILES string of the molecule is CCCN1C(=O)c2ccccc2Sc2cc(-c3noc(CCc4c[nH]c5ccccc45)n3)ccc21. The second kappa shape index (κ2) is 9.07. The summed E-state index contributed by atoms with van der Waals surface area (Å²) >= 11 is 1.61. The van der Waals surface area contributed by atoms with Crippen molar-refractivity contribution in [3.05, 3.63) is 89.9 Å². The number of para-hydroxylation sites is 1. The lowest BCUT2D eigenvalue weighted by Crippen LogP contribution is -2.31. The summed E-state index contributed by atoms with van der Waals surface area (Å²) in [5.74, 6) is 1.22. The number of aromatic amines is 1. The molecule has 6 rings (SSSR count). The minimum atomic E-state index is 0.0422. The first-order chi connectivity index (χ1) is 17.2. The number of fused-ring (bicyclic) bond motifs is 3. The highest BCUT2D eigenvalue weighted by Crippen LogP contribution is 2.42. The summed E-state index contributed by atoms with van der Waals surface area (Å²) in [6.45, 7) is 2.75. The van der Waals surface area contributed by atoms with Crippen LogP contribution in [0.3, 0.4) is 0 Å². The summed E-state index contributed by atoms with van der Waals surface area (Å²) in [6, 6.07) is 22.1. The van der Waals surface area contributed by atoms with Crippen molar-refractivity contribution in [2.24, 2.45) is 0 Å². The van der Waals surface area contributed by atoms with Crippen molar-refractivity contribution in [1.82, 2.24) is 15.1 Å². The highest BCUT2D eigenvalue weighted by molar-refractivity contribution is 7.99. The van der Waals surface area contributed by atoms with E-state index < -0.39 is 0 Å². The third kappa shape index (κ3) is 4.02. The van der Waals surface area contributed by atoms with Gasteiger partial charge in [0.2, 0.25) is 11.7 Å². The van der Waals surface area contributed by atoms with E-state index in [1.807, 2.05) is 53.6 Å². The molecule has 0 saturated heterocycles. The summed E-state index contributed by atoms with van der Waals surface area (Å²) in [5, 5.41) is 5.48. The van der Waals surface area contributed by atoms with Crippen molar-refractivity contribution in [2.75, 3.05) is 11.4 Å². The first kappa shape index (κ1) is 21.7. The summed E-state index contributed by atoms with van der Waals surface area (Å²) in [7, 11) is 0. The Morgan fingerprint density at radius 3 is 2.77 bits per heavy atom. The number of H-pyrrole nitrogens is 1. The zero-order valence-electron chi connectivity index (χ0n) is 19.3. The zero-order chi connectivity index (χ0) is 23.8. The van der Waals surface area contributed by atoms with Crippen molar-refractivity contribution < 1.29 is 9.32 Å². The van der Waals surface area contributed by atoms with Gasteiger partial charge in [0.25, 0.3) is 5.91 Å². The fourth-order valence-electron chi connectivity index (χ4n) is 4.56. The molecule has 0 atom stereocenters. The van der Waals surface area contributed by atoms with Crippen molar-refractivity contribution in [1.29, 1.82) is 0 Å². The first-order valence-corrected chi connectivity index (χ1v) is 12.6. The van der Waals surface area contributed by atoms with Crippen LogP contribution in [0.25, 0.3) is 22.3 Å². The molecule has 0 spiro atoms. The molecule has 7 heteroatoms. The number of amides is 1. The Balaban J connectivity index is 1.28. The molecule has 3 heterocycles. The maximum absolute atomic E-state index is 13.3. The largest absolute Gasteiger partial charge is 0.361 e. The molecule has 0 saturated carbocycles. The highest BCUT2D eigenvalue weighted by Gasteiger charge is 2.27. The summed E-state index contributed by atoms with van der Waals surface area (Å²) in [6.07, 6.45) is 4.41. The molecule has 1 N–H and O–H groups in total. The average molecular weight is 481 g/mol. The highest BCUT2D eigenvalue weighted by atomic mass is 32.2. The predicted octanol–water partition coefficient (Wildman–Crippen LogP) is 6.52. The van der Waals surface area contributed by atoms with Crippen LogP contribution in [0, 0.1) is 0 Å². The van der Waals surface area contributed by atoms with Gasteiger partial charge in [0.15, 0.2) is 0 Å². The number of hydrogen-bond acceptors (Lipinski definition) is 5. The van der Waals surface area contributed by atoms with Gasteiger partial charge in [-0.15, -0.1) is 0 Å². The van der Waals surface area contributed by atoms with E-state index in [1.165, 1.54) is 10.9 Å². The minimum absolute atomic E-state index is 0.0422. The maximum Gasteiger partial charge on any atom is 0.259 e. The van der Waals surface area contributed by atoms with Crippen molar-refractivity contribution in [3.63, 3.8) is 0 Å². The number of nitrogens with one attached hydrogen (secondary N) is 1. The number of carbonyl (C=O) groups is 1. The molecule has 1 amide bonds. The van der Waals surface area contributed by atoms with E-state index >= 15 is 0 Å². The molecule has 35 heavy (non-hydrogen) atoms. The van der Waals surface area contributed by atoms with Crippen LogP contribution in [-0.4, -0.2) is 27.6 Å². The van der Waals surface area contributed by atoms with Gasteiger partial charge in [-0.3, -0.25) is 4.79 Å². The molecule has 0 bridgehead atoms. The first-order valence-electron chi connectivity index (χ1n) is 11.8. The number of benzene rings is 3. The van der Waals surface area contributed by atoms with Gasteiger partial charge >= 0.3 is 0 Å². The second-order valence-corrected chi connectivity index (χ2v) is 9.69. The molecular formula is C28H24N4O2S. The van der Waals surface area contributed by atoms with Crippen molar-refractivity contribution >= 4 is 34.3 Å². The molecule has 6 nitrogen and oxygen atoms in total. The monoisotopic (exact) mass is 480 g/mol. The second-order valence-electron chi connectivity index (χ2n) is 8.61. The molecule has 174 valence electrons. The number of rotatable bonds is 6. The Morgan fingerprint density at radius 2 is 1.86 bits per heavy atom. The number of nitrogens with zero attached hydrogens (tertiary/aromatic N) is 3. The van der Waals surface area contributed by atoms with Crippen LogP contribution in [0.4, 0.5) is 5.69 Å². The van der Waals surface area contributed by atoms with Gasteiger partial charge < -0.3 is 14.4 Å². The Labute approximate surface area is 207 Å². The molecule has 0 radical (unpaired) electrons. The lowest BCUT2D eigenvalue weighted by molar-refractivity contribution is 0.0984. The molecule has 1 aliphatic heterocycles. The van der Waals surface area contributed by atoms with Gasteiger partial charge in [-0.1, -0.05) is 54.2 Å². The van der Waals surface area contributed by atoms with E-state index in [0.717, 1.165) is 45.0 Å². The maximum atomic E-state index is 13.3. The topological polar surface area (TPSA) is 75.0 Å². The van der Waals surface area contributed by atoms with E-state index in [1.54, 1.807) is 11.8 Å². The van der Waals surface area contributed by atoms with Crippen molar-refractivity contribution in [2.45, 2.75) is 36.0 Å². The fourth-order valence-corrected chi connectivity index (χ4v) is 5.68. The van der Waals surface area contributed by atoms with Crippen LogP contribution in [0.5, 0.6) is 0 Å². The average Bonchev–Trinajstić information content (AvgIpc) is 3.51. The molecule has 0 aliphatic carbocycles. The van der Waals surface area contributed by atoms with E-state index in [4.69, 9.17) is 4.52 Å². The van der Waals surface area contributed by atoms with Crippen molar-refractivity contribution in [3.8, 4) is 11.4 Å². The number of hydrogen-bond donors (Lipinski definition) is 1. The molecule has 0 unspecified atom stereocenters. The number of aryl methyl sites for hydroxylation is 2. The van der Waals surface area contributed by atoms with Gasteiger partial charge in [-0.25, -0.2) is 0 Å². The van der Waals surface area contributed by atoms with Gasteiger partial charge in [0.1, 0.15) is 0 Å². The fraction of sp³-hybridized carbons (Fsp3) is 0.179. The number of aromatic nitrogens is 3. The number of carbonyl (C=O) groups excluding carboxylic acids is 1. The summed E-state index contributed by atoms with van der Waals surface area (Å²) < 4.78 is 5.59. The van der Waals surface area contributed by atoms with Crippen LogP contribution in [0.1, 0.15) is 35.2 Å². The Morgan fingerprint density at radius 1 is 1.00 bits per heavy atom. The standard InChI is InChI=1S/C28H24N4O2S/c1-2-15-32-23-13-11-18(16-25(23)35-24-10-6-4-8-21(24)28(32)33)27-30-26(34-31-27)14-12-19-17-29-22-9-5-3-7-20(19)22/h3-11,13,16-17,29H,2,12,14-15H2,1H3. The smallest absolute Gasteiger partial charge is 0.259 e. The third-order valence-electron chi connectivity index (χ3n) is 6.29. The third-order valence-corrected chi connectivity index (χ3v) is 7.41. The van der Waals surface area contributed by atoms with E-state index in [0.29, 0.717) is 24.7 Å². The van der Waals surface area contributed by atoms with Crippen LogP contribution in [0.2, 0.25) is 0 Å². The Kier molecular flexibility index (Phi) is 5.62. The molecular weight excluding hydrogens is 456 g/mol. The molecule has 3 aromatic carbocycles. The van der Waals surface area contributed by atoms with Crippen LogP contribution < -0.4 is 4.90 Å². The molecule has 2 aromatic heterocycles.